The molecule has 8 rings (SSSR count). The van der Waals surface area contributed by atoms with E-state index in [1.165, 1.54) is 35.7 Å². The van der Waals surface area contributed by atoms with Crippen LogP contribution < -0.4 is 10.6 Å². The van der Waals surface area contributed by atoms with Crippen LogP contribution in [0.3, 0.4) is 0 Å². The standard InChI is InChI=1S/C19H13F5N4O.C17H13ClF3N5OS/c20-12-2-1-3-13(21)17(12)26-18(29)11-6-7-16(25-9-11)28-14(10-4-5-10)8-15(27-28)19(22,23)24;1-8-14(28-7-23-8)16(27)24-10-4-5-11(22-6-10)26-13(9-2-3-9)12(18)15(25-26)17(19,20)21/h1-3,6-10H,4-5H2,(H,26,29);4-7,9H,2-3H2,1H3,(H,24,27). The number of hydrogen-bond donors (Lipinski definition) is 2. The minimum atomic E-state index is -4.65. The van der Waals surface area contributed by atoms with Crippen LogP contribution in [0, 0.1) is 18.6 Å². The Kier molecular flexibility index (Phi) is 10.6. The molecule has 2 fully saturated rings. The Balaban J connectivity index is 0.000000174. The summed E-state index contributed by atoms with van der Waals surface area (Å²) in [6, 6.07) is 9.81. The molecule has 21 heteroatoms. The summed E-state index contributed by atoms with van der Waals surface area (Å²) in [6.45, 7) is 1.73. The number of alkyl halides is 6. The van der Waals surface area contributed by atoms with E-state index >= 15 is 0 Å². The van der Waals surface area contributed by atoms with Gasteiger partial charge in [-0.25, -0.2) is 33.1 Å². The van der Waals surface area contributed by atoms with E-state index in [1.807, 2.05) is 0 Å². The van der Waals surface area contributed by atoms with Gasteiger partial charge in [0.2, 0.25) is 0 Å². The molecule has 0 atom stereocenters. The van der Waals surface area contributed by atoms with Gasteiger partial charge in [-0.2, -0.15) is 36.5 Å². The van der Waals surface area contributed by atoms with E-state index in [9.17, 15) is 44.7 Å². The fraction of sp³-hybridized carbons (Fsp3) is 0.250. The van der Waals surface area contributed by atoms with Crippen molar-refractivity contribution in [2.45, 2.75) is 56.8 Å². The summed E-state index contributed by atoms with van der Waals surface area (Å²) in [7, 11) is 0. The van der Waals surface area contributed by atoms with E-state index < -0.39 is 47.0 Å². The van der Waals surface area contributed by atoms with Crippen LogP contribution in [0.4, 0.5) is 46.5 Å². The number of nitrogens with one attached hydrogen (secondary N) is 2. The Bertz CT molecular complexity index is 2430. The normalized spacial score (nSPS) is 14.2. The molecule has 0 bridgehead atoms. The van der Waals surface area contributed by atoms with E-state index in [4.69, 9.17) is 11.6 Å². The average Bonchev–Trinajstić information content (AvgIpc) is 4.06. The Hall–Kier alpha value is -5.76. The highest BCUT2D eigenvalue weighted by atomic mass is 35.5. The van der Waals surface area contributed by atoms with Crippen LogP contribution in [-0.2, 0) is 12.4 Å². The highest BCUT2D eigenvalue weighted by molar-refractivity contribution is 7.12. The van der Waals surface area contributed by atoms with Gasteiger partial charge < -0.3 is 10.6 Å². The highest BCUT2D eigenvalue weighted by Gasteiger charge is 2.43. The minimum absolute atomic E-state index is 0.0208. The van der Waals surface area contributed by atoms with Crippen LogP contribution >= 0.6 is 22.9 Å². The summed E-state index contributed by atoms with van der Waals surface area (Å²) >= 11 is 7.19. The first-order valence-electron chi connectivity index (χ1n) is 16.9. The van der Waals surface area contributed by atoms with Crippen molar-refractivity contribution in [1.29, 1.82) is 0 Å². The lowest BCUT2D eigenvalue weighted by Gasteiger charge is -2.09. The summed E-state index contributed by atoms with van der Waals surface area (Å²) in [4.78, 5) is 37.1. The fourth-order valence-electron chi connectivity index (χ4n) is 5.61. The van der Waals surface area contributed by atoms with Gasteiger partial charge in [-0.05, 0) is 75.1 Å². The maximum absolute atomic E-state index is 13.7. The SMILES string of the molecule is Cc1ncsc1C(=O)Nc1ccc(-n2nc(C(F)(F)F)c(Cl)c2C2CC2)nc1.O=C(Nc1c(F)cccc1F)c1ccc(-n2nc(C(F)(F)F)cc2C2CC2)nc1. The number of pyridine rings is 2. The topological polar surface area (TPSA) is 133 Å². The number of aryl methyl sites for hydroxylation is 1. The van der Waals surface area contributed by atoms with Gasteiger partial charge in [0.15, 0.2) is 23.0 Å². The smallest absolute Gasteiger partial charge is 0.320 e. The van der Waals surface area contributed by atoms with E-state index in [2.05, 4.69) is 35.8 Å². The van der Waals surface area contributed by atoms with Gasteiger partial charge in [0.05, 0.1) is 39.4 Å². The van der Waals surface area contributed by atoms with Crippen molar-refractivity contribution in [2.75, 3.05) is 10.6 Å². The Morgan fingerprint density at radius 1 is 0.789 bits per heavy atom. The summed E-state index contributed by atoms with van der Waals surface area (Å²) in [6.07, 6.45) is -3.73. The third-order valence-corrected chi connectivity index (χ3v) is 10.0. The number of thiazole rings is 1. The number of benzene rings is 1. The van der Waals surface area contributed by atoms with E-state index in [0.29, 0.717) is 27.6 Å². The monoisotopic (exact) mass is 835 g/mol. The molecule has 0 spiro atoms. The van der Waals surface area contributed by atoms with Crippen LogP contribution in [0.2, 0.25) is 5.02 Å². The number of para-hydroxylation sites is 1. The molecule has 5 aromatic heterocycles. The molecule has 0 radical (unpaired) electrons. The molecule has 57 heavy (non-hydrogen) atoms. The summed E-state index contributed by atoms with van der Waals surface area (Å²) in [5, 5.41) is 11.7. The van der Waals surface area contributed by atoms with E-state index in [0.717, 1.165) is 65.5 Å². The maximum Gasteiger partial charge on any atom is 0.436 e. The zero-order valence-electron chi connectivity index (χ0n) is 29.1. The molecule has 2 N–H and O–H groups in total. The van der Waals surface area contributed by atoms with Gasteiger partial charge in [-0.15, -0.1) is 11.3 Å². The van der Waals surface area contributed by atoms with Crippen LogP contribution in [0.15, 0.2) is 66.4 Å². The minimum Gasteiger partial charge on any atom is -0.320 e. The molecule has 296 valence electrons. The first-order chi connectivity index (χ1) is 27.0. The van der Waals surface area contributed by atoms with Crippen LogP contribution in [0.25, 0.3) is 11.6 Å². The van der Waals surface area contributed by atoms with Crippen molar-refractivity contribution in [3.63, 3.8) is 0 Å². The number of aromatic nitrogens is 7. The number of halogens is 9. The zero-order chi connectivity index (χ0) is 40.8. The summed E-state index contributed by atoms with van der Waals surface area (Å²) in [5.41, 5.74) is 0.566. The van der Waals surface area contributed by atoms with Gasteiger partial charge in [0, 0.05) is 23.7 Å². The molecule has 2 amide bonds. The molecule has 11 nitrogen and oxygen atoms in total. The molecule has 2 aliphatic carbocycles. The van der Waals surface area contributed by atoms with Crippen LogP contribution in [-0.4, -0.2) is 46.3 Å². The van der Waals surface area contributed by atoms with Crippen molar-refractivity contribution >= 4 is 46.1 Å². The second kappa shape index (κ2) is 15.3. The second-order valence-corrected chi connectivity index (χ2v) is 14.2. The molecule has 6 aromatic rings. The third-order valence-electron chi connectivity index (χ3n) is 8.72. The lowest BCUT2D eigenvalue weighted by molar-refractivity contribution is -0.142. The average molecular weight is 836 g/mol. The van der Waals surface area contributed by atoms with Crippen molar-refractivity contribution in [3.05, 3.63) is 122 Å². The number of amides is 2. The molecule has 5 heterocycles. The summed E-state index contributed by atoms with van der Waals surface area (Å²) in [5.74, 6) is -2.79. The van der Waals surface area contributed by atoms with Crippen molar-refractivity contribution in [1.82, 2.24) is 34.5 Å². The largest absolute Gasteiger partial charge is 0.436 e. The van der Waals surface area contributed by atoms with Crippen molar-refractivity contribution in [3.8, 4) is 11.6 Å². The summed E-state index contributed by atoms with van der Waals surface area (Å²) < 4.78 is 108. The van der Waals surface area contributed by atoms with E-state index in [1.54, 1.807) is 18.5 Å². The van der Waals surface area contributed by atoms with Crippen molar-refractivity contribution in [2.24, 2.45) is 0 Å². The zero-order valence-corrected chi connectivity index (χ0v) is 30.7. The molecule has 2 saturated carbocycles. The number of anilines is 2. The Labute approximate surface area is 325 Å². The molecule has 0 aliphatic heterocycles. The maximum atomic E-state index is 13.7. The predicted octanol–water partition coefficient (Wildman–Crippen LogP) is 9.53. The number of rotatable bonds is 8. The molecule has 0 unspecified atom stereocenters. The highest BCUT2D eigenvalue weighted by Crippen LogP contribution is 2.47. The molecular weight excluding hydrogens is 810 g/mol. The van der Waals surface area contributed by atoms with Gasteiger partial charge in [-0.3, -0.25) is 9.59 Å². The van der Waals surface area contributed by atoms with Gasteiger partial charge >= 0.3 is 12.4 Å². The van der Waals surface area contributed by atoms with Gasteiger partial charge in [-0.1, -0.05) is 17.7 Å². The van der Waals surface area contributed by atoms with Crippen LogP contribution in [0.5, 0.6) is 0 Å². The van der Waals surface area contributed by atoms with Gasteiger partial charge in [0.1, 0.15) is 22.2 Å². The first kappa shape index (κ1) is 39.5. The molecule has 0 saturated heterocycles. The first-order valence-corrected chi connectivity index (χ1v) is 18.2. The second-order valence-electron chi connectivity index (χ2n) is 13.0. The van der Waals surface area contributed by atoms with Crippen LogP contribution in [0.1, 0.15) is 86.0 Å². The molecule has 2 aliphatic rings. The third kappa shape index (κ3) is 8.65. The van der Waals surface area contributed by atoms with E-state index in [-0.39, 0.29) is 40.0 Å². The number of carbonyl (C=O) groups excluding carboxylic acids is 2. The van der Waals surface area contributed by atoms with Gasteiger partial charge in [0.25, 0.3) is 11.8 Å². The lowest BCUT2D eigenvalue weighted by Crippen LogP contribution is -2.15. The quantitative estimate of drug-likeness (QED) is 0.146. The lowest BCUT2D eigenvalue weighted by atomic mass is 10.2. The number of hydrogen-bond acceptors (Lipinski definition) is 8. The number of nitrogens with zero attached hydrogens (tertiary/aromatic N) is 7. The fourth-order valence-corrected chi connectivity index (χ4v) is 6.68. The molecule has 1 aromatic carbocycles. The number of carbonyl (C=O) groups is 2. The molecular formula is C36H26ClF8N9O2S. The van der Waals surface area contributed by atoms with Crippen molar-refractivity contribution < 1.29 is 44.7 Å². The predicted molar refractivity (Wildman–Crippen MR) is 191 cm³/mol. The Morgan fingerprint density at radius 3 is 1.98 bits per heavy atom. The Morgan fingerprint density at radius 2 is 1.44 bits per heavy atom.